The number of nitrogens with zero attached hydrogens (tertiary/aromatic N) is 2. The van der Waals surface area contributed by atoms with Gasteiger partial charge in [-0.25, -0.2) is 4.98 Å². The minimum atomic E-state index is -0.639. The Morgan fingerprint density at radius 2 is 1.87 bits per heavy atom. The van der Waals surface area contributed by atoms with Crippen LogP contribution < -0.4 is 10.1 Å². The van der Waals surface area contributed by atoms with Crippen LogP contribution in [0.2, 0.25) is 0 Å². The number of benzene rings is 1. The van der Waals surface area contributed by atoms with Crippen molar-refractivity contribution in [1.29, 1.82) is 0 Å². The number of ether oxygens (including phenoxy) is 1. The number of carbonyl (C=O) groups is 2. The molecular weight excluding hydrogens is 398 g/mol. The van der Waals surface area contributed by atoms with Gasteiger partial charge in [0, 0.05) is 24.3 Å². The molecule has 0 saturated heterocycles. The molecule has 0 bridgehead atoms. The number of aromatic nitrogens is 1. The number of carbonyl (C=O) groups excluding carboxylic acids is 2. The number of fused-ring (bicyclic) bond motifs is 1. The Balaban J connectivity index is 1.57. The van der Waals surface area contributed by atoms with E-state index in [0.717, 1.165) is 17.0 Å². The molecule has 0 spiro atoms. The quantitative estimate of drug-likeness (QED) is 0.698. The summed E-state index contributed by atoms with van der Waals surface area (Å²) in [5.41, 5.74) is 2.20. The fourth-order valence-electron chi connectivity index (χ4n) is 3.34. The maximum absolute atomic E-state index is 12.6. The highest BCUT2D eigenvalue weighted by molar-refractivity contribution is 7.15. The number of rotatable bonds is 7. The van der Waals surface area contributed by atoms with E-state index >= 15 is 0 Å². The predicted octanol–water partition coefficient (Wildman–Crippen LogP) is 4.60. The molecule has 3 rings (SSSR count). The zero-order valence-electron chi connectivity index (χ0n) is 18.4. The third-order valence-electron chi connectivity index (χ3n) is 5.13. The molecule has 2 heterocycles. The van der Waals surface area contributed by atoms with Gasteiger partial charge in [0.15, 0.2) is 11.2 Å². The van der Waals surface area contributed by atoms with Crippen LogP contribution in [0.1, 0.15) is 63.1 Å². The Bertz CT molecular complexity index is 890. The van der Waals surface area contributed by atoms with Gasteiger partial charge in [-0.2, -0.15) is 0 Å². The van der Waals surface area contributed by atoms with Crippen LogP contribution in [0.15, 0.2) is 24.3 Å². The van der Waals surface area contributed by atoms with Gasteiger partial charge in [0.2, 0.25) is 5.91 Å². The molecular formula is C23H31N3O3S. The number of nitrogens with one attached hydrogen (secondary N) is 1. The van der Waals surface area contributed by atoms with Gasteiger partial charge in [0.05, 0.1) is 12.2 Å². The summed E-state index contributed by atoms with van der Waals surface area (Å²) in [5.74, 6) is 1.41. The van der Waals surface area contributed by atoms with Crippen LogP contribution in [-0.4, -0.2) is 34.3 Å². The molecule has 1 aromatic carbocycles. The zero-order chi connectivity index (χ0) is 21.8. The van der Waals surface area contributed by atoms with Crippen molar-refractivity contribution in [3.05, 3.63) is 40.4 Å². The van der Waals surface area contributed by atoms with Crippen LogP contribution in [0.5, 0.6) is 5.75 Å². The van der Waals surface area contributed by atoms with Crippen LogP contribution in [-0.2, 0) is 22.6 Å². The second kappa shape index (κ2) is 9.60. The van der Waals surface area contributed by atoms with Crippen LogP contribution >= 0.6 is 11.3 Å². The lowest BCUT2D eigenvalue weighted by Gasteiger charge is -2.26. The van der Waals surface area contributed by atoms with Crippen molar-refractivity contribution in [3.63, 3.8) is 0 Å². The van der Waals surface area contributed by atoms with Crippen LogP contribution in [0.4, 0.5) is 5.13 Å². The van der Waals surface area contributed by atoms with Crippen molar-refractivity contribution in [3.8, 4) is 5.75 Å². The Kier molecular flexibility index (Phi) is 7.13. The van der Waals surface area contributed by atoms with Gasteiger partial charge in [-0.3, -0.25) is 14.9 Å². The van der Waals surface area contributed by atoms with E-state index in [-0.39, 0.29) is 11.8 Å². The molecule has 1 aliphatic heterocycles. The number of hydrogen-bond donors (Lipinski definition) is 1. The monoisotopic (exact) mass is 429 g/mol. The maximum atomic E-state index is 12.6. The average Bonchev–Trinajstić information content (AvgIpc) is 3.09. The molecule has 0 saturated carbocycles. The summed E-state index contributed by atoms with van der Waals surface area (Å²) in [7, 11) is 0. The van der Waals surface area contributed by atoms with E-state index in [4.69, 9.17) is 4.74 Å². The van der Waals surface area contributed by atoms with Gasteiger partial charge in [0.1, 0.15) is 5.75 Å². The highest BCUT2D eigenvalue weighted by Gasteiger charge is 2.25. The highest BCUT2D eigenvalue weighted by atomic mass is 32.1. The minimum Gasteiger partial charge on any atom is -0.481 e. The normalized spacial score (nSPS) is 14.6. The molecule has 0 aliphatic carbocycles. The summed E-state index contributed by atoms with van der Waals surface area (Å²) in [5, 5.41) is 3.43. The molecule has 2 aromatic rings. The van der Waals surface area contributed by atoms with Gasteiger partial charge >= 0.3 is 0 Å². The topological polar surface area (TPSA) is 71.5 Å². The second-order valence-corrected chi connectivity index (χ2v) is 9.61. The third-order valence-corrected chi connectivity index (χ3v) is 6.12. The van der Waals surface area contributed by atoms with Crippen LogP contribution in [0, 0.1) is 5.92 Å². The molecule has 6 nitrogen and oxygen atoms in total. The number of thiazole rings is 1. The summed E-state index contributed by atoms with van der Waals surface area (Å²) in [6, 6.07) is 7.83. The summed E-state index contributed by atoms with van der Waals surface area (Å²) in [6.07, 6.45) is 0.643. The van der Waals surface area contributed by atoms with Crippen LogP contribution in [0.25, 0.3) is 0 Å². The molecule has 1 aliphatic rings. The number of hydrogen-bond acceptors (Lipinski definition) is 5. The van der Waals surface area contributed by atoms with Crippen molar-refractivity contribution in [1.82, 2.24) is 9.88 Å². The fraction of sp³-hybridized carbons (Fsp3) is 0.522. The lowest BCUT2D eigenvalue weighted by atomic mass is 10.0. The Hall–Kier alpha value is -2.41. The highest BCUT2D eigenvalue weighted by Crippen LogP contribution is 2.29. The smallest absolute Gasteiger partial charge is 0.266 e. The summed E-state index contributed by atoms with van der Waals surface area (Å²) in [4.78, 5) is 32.4. The molecule has 1 aromatic heterocycles. The molecule has 0 radical (unpaired) electrons. The molecule has 2 amide bonds. The lowest BCUT2D eigenvalue weighted by molar-refractivity contribution is -0.132. The first kappa shape index (κ1) is 22.3. The SMILES string of the molecule is CC(C)CC(=O)N1CCc2nc(NC(=O)C(C)Oc3ccc(C(C)C)cc3)sc2C1. The van der Waals surface area contributed by atoms with E-state index in [1.54, 1.807) is 6.92 Å². The van der Waals surface area contributed by atoms with E-state index in [9.17, 15) is 9.59 Å². The minimum absolute atomic E-state index is 0.181. The van der Waals surface area contributed by atoms with Crippen molar-refractivity contribution in [2.24, 2.45) is 5.92 Å². The zero-order valence-corrected chi connectivity index (χ0v) is 19.2. The largest absolute Gasteiger partial charge is 0.481 e. The van der Waals surface area contributed by atoms with E-state index in [0.29, 0.717) is 42.2 Å². The standard InChI is InChI=1S/C23H31N3O3S/c1-14(2)12-21(27)26-11-10-19-20(13-26)30-23(24-19)25-22(28)16(5)29-18-8-6-17(7-9-18)15(3)4/h6-9,14-16H,10-13H2,1-5H3,(H,24,25,28). The van der Waals surface area contributed by atoms with Crippen molar-refractivity contribution < 1.29 is 14.3 Å². The van der Waals surface area contributed by atoms with Gasteiger partial charge < -0.3 is 9.64 Å². The first-order valence-electron chi connectivity index (χ1n) is 10.6. The molecule has 1 atom stereocenters. The Labute approximate surface area is 182 Å². The summed E-state index contributed by atoms with van der Waals surface area (Å²) >= 11 is 1.44. The first-order chi connectivity index (χ1) is 14.2. The van der Waals surface area contributed by atoms with Crippen molar-refractivity contribution in [2.75, 3.05) is 11.9 Å². The molecule has 1 N–H and O–H groups in total. The summed E-state index contributed by atoms with van der Waals surface area (Å²) < 4.78 is 5.78. The van der Waals surface area contributed by atoms with Crippen LogP contribution in [0.3, 0.4) is 0 Å². The Morgan fingerprint density at radius 1 is 1.17 bits per heavy atom. The molecule has 30 heavy (non-hydrogen) atoms. The Morgan fingerprint density at radius 3 is 2.50 bits per heavy atom. The molecule has 7 heteroatoms. The van der Waals surface area contributed by atoms with E-state index in [1.165, 1.54) is 16.9 Å². The second-order valence-electron chi connectivity index (χ2n) is 8.53. The van der Waals surface area contributed by atoms with E-state index in [2.05, 4.69) is 38.0 Å². The average molecular weight is 430 g/mol. The van der Waals surface area contributed by atoms with E-state index < -0.39 is 6.10 Å². The first-order valence-corrected chi connectivity index (χ1v) is 11.4. The summed E-state index contributed by atoms with van der Waals surface area (Å²) in [6.45, 7) is 11.4. The molecule has 162 valence electrons. The van der Waals surface area contributed by atoms with Gasteiger partial charge in [-0.05, 0) is 36.5 Å². The molecule has 0 fully saturated rings. The third kappa shape index (κ3) is 5.59. The van der Waals surface area contributed by atoms with Gasteiger partial charge in [-0.15, -0.1) is 0 Å². The number of anilines is 1. The van der Waals surface area contributed by atoms with E-state index in [1.807, 2.05) is 29.2 Å². The maximum Gasteiger partial charge on any atom is 0.266 e. The van der Waals surface area contributed by atoms with Gasteiger partial charge in [0.25, 0.3) is 5.91 Å². The predicted molar refractivity (Wildman–Crippen MR) is 120 cm³/mol. The lowest BCUT2D eigenvalue weighted by Crippen LogP contribution is -2.36. The van der Waals surface area contributed by atoms with Crippen molar-refractivity contribution in [2.45, 2.75) is 66.0 Å². The number of amides is 2. The fourth-order valence-corrected chi connectivity index (χ4v) is 4.36. The molecule has 1 unspecified atom stereocenters. The van der Waals surface area contributed by atoms with Gasteiger partial charge in [-0.1, -0.05) is 51.2 Å². The van der Waals surface area contributed by atoms with Crippen molar-refractivity contribution >= 4 is 28.3 Å².